The second-order valence-electron chi connectivity index (χ2n) is 5.06. The average Bonchev–Trinajstić information content (AvgIpc) is 2.47. The van der Waals surface area contributed by atoms with E-state index in [1.54, 1.807) is 0 Å². The van der Waals surface area contributed by atoms with E-state index >= 15 is 0 Å². The van der Waals surface area contributed by atoms with Crippen LogP contribution in [0, 0.1) is 0 Å². The minimum atomic E-state index is -4.27. The third-order valence-electron chi connectivity index (χ3n) is 3.52. The Kier molecular flexibility index (Phi) is 7.21. The lowest BCUT2D eigenvalue weighted by Crippen LogP contribution is -2.37. The molecule has 0 radical (unpaired) electrons. The van der Waals surface area contributed by atoms with E-state index < -0.39 is 11.7 Å². The first-order valence-corrected chi connectivity index (χ1v) is 7.59. The molecule has 0 saturated carbocycles. The third kappa shape index (κ3) is 5.95. The monoisotopic (exact) mass is 315 g/mol. The molecule has 0 fully saturated rings. The normalized spacial score (nSPS) is 12.5. The number of hydrogen-bond donors (Lipinski definition) is 1. The summed E-state index contributed by atoms with van der Waals surface area (Å²) in [6, 6.07) is 5.34. The van der Waals surface area contributed by atoms with Gasteiger partial charge in [0.05, 0.1) is 5.56 Å². The van der Waals surface area contributed by atoms with E-state index in [9.17, 15) is 13.2 Å². The van der Waals surface area contributed by atoms with Crippen molar-refractivity contribution in [2.45, 2.75) is 39.3 Å². The summed E-state index contributed by atoms with van der Waals surface area (Å²) < 4.78 is 37.3. The van der Waals surface area contributed by atoms with Gasteiger partial charge in [0.2, 0.25) is 0 Å². The Labute approximate surface area is 130 Å². The van der Waals surface area contributed by atoms with Crippen molar-refractivity contribution >= 4 is 5.96 Å². The van der Waals surface area contributed by atoms with E-state index in [1.807, 2.05) is 18.7 Å². The molecule has 0 aliphatic heterocycles. The van der Waals surface area contributed by atoms with Crippen LogP contribution >= 0.6 is 0 Å². The predicted molar refractivity (Wildman–Crippen MR) is 83.8 cm³/mol. The SMILES string of the molecule is CCN(CC)C(N)=NCCCCc1ccc(C(F)(F)F)cc1. The molecule has 0 aliphatic carbocycles. The Morgan fingerprint density at radius 1 is 1.09 bits per heavy atom. The number of aryl methyl sites for hydroxylation is 1. The fraction of sp³-hybridized carbons (Fsp3) is 0.562. The Bertz CT molecular complexity index is 463. The van der Waals surface area contributed by atoms with Crippen molar-refractivity contribution in [1.82, 2.24) is 4.90 Å². The lowest BCUT2D eigenvalue weighted by Gasteiger charge is -2.19. The van der Waals surface area contributed by atoms with Crippen LogP contribution in [0.1, 0.15) is 37.8 Å². The maximum Gasteiger partial charge on any atom is 0.416 e. The highest BCUT2D eigenvalue weighted by Gasteiger charge is 2.29. The topological polar surface area (TPSA) is 41.6 Å². The zero-order valence-corrected chi connectivity index (χ0v) is 13.2. The summed E-state index contributed by atoms with van der Waals surface area (Å²) in [4.78, 5) is 6.30. The van der Waals surface area contributed by atoms with Gasteiger partial charge in [0.15, 0.2) is 5.96 Å². The van der Waals surface area contributed by atoms with Crippen LogP contribution in [0.3, 0.4) is 0 Å². The van der Waals surface area contributed by atoms with E-state index in [0.29, 0.717) is 12.5 Å². The molecule has 0 aliphatic rings. The van der Waals surface area contributed by atoms with Crippen LogP contribution in [0.2, 0.25) is 0 Å². The second-order valence-corrected chi connectivity index (χ2v) is 5.06. The predicted octanol–water partition coefficient (Wildman–Crippen LogP) is 3.68. The van der Waals surface area contributed by atoms with Gasteiger partial charge >= 0.3 is 6.18 Å². The summed E-state index contributed by atoms with van der Waals surface area (Å²) in [5, 5.41) is 0. The minimum Gasteiger partial charge on any atom is -0.370 e. The summed E-state index contributed by atoms with van der Waals surface area (Å²) in [7, 11) is 0. The van der Waals surface area contributed by atoms with Crippen molar-refractivity contribution in [3.05, 3.63) is 35.4 Å². The number of nitrogens with two attached hydrogens (primary N) is 1. The zero-order chi connectivity index (χ0) is 16.6. The van der Waals surface area contributed by atoms with Gasteiger partial charge in [0, 0.05) is 19.6 Å². The first-order valence-electron chi connectivity index (χ1n) is 7.59. The highest BCUT2D eigenvalue weighted by atomic mass is 19.4. The van der Waals surface area contributed by atoms with Gasteiger partial charge in [-0.3, -0.25) is 4.99 Å². The van der Waals surface area contributed by atoms with Crippen LogP contribution in [0.15, 0.2) is 29.3 Å². The van der Waals surface area contributed by atoms with Gasteiger partial charge in [-0.15, -0.1) is 0 Å². The van der Waals surface area contributed by atoms with E-state index in [-0.39, 0.29) is 0 Å². The van der Waals surface area contributed by atoms with Crippen molar-refractivity contribution in [3.8, 4) is 0 Å². The van der Waals surface area contributed by atoms with Gasteiger partial charge in [-0.05, 0) is 50.8 Å². The highest BCUT2D eigenvalue weighted by molar-refractivity contribution is 5.77. The van der Waals surface area contributed by atoms with Crippen LogP contribution in [0.4, 0.5) is 13.2 Å². The molecule has 0 bridgehead atoms. The van der Waals surface area contributed by atoms with Crippen molar-refractivity contribution in [2.24, 2.45) is 10.7 Å². The number of alkyl halides is 3. The molecule has 0 aromatic heterocycles. The molecule has 1 aromatic carbocycles. The van der Waals surface area contributed by atoms with Gasteiger partial charge in [0.1, 0.15) is 0 Å². The van der Waals surface area contributed by atoms with E-state index in [0.717, 1.165) is 50.0 Å². The fourth-order valence-corrected chi connectivity index (χ4v) is 2.14. The van der Waals surface area contributed by atoms with Crippen molar-refractivity contribution < 1.29 is 13.2 Å². The molecule has 0 heterocycles. The molecule has 1 aromatic rings. The largest absolute Gasteiger partial charge is 0.416 e. The summed E-state index contributed by atoms with van der Waals surface area (Å²) in [6.07, 6.45) is -1.78. The number of halogens is 3. The molecule has 1 rings (SSSR count). The number of guanidine groups is 1. The van der Waals surface area contributed by atoms with E-state index in [4.69, 9.17) is 5.73 Å². The van der Waals surface area contributed by atoms with Crippen LogP contribution in [-0.4, -0.2) is 30.5 Å². The minimum absolute atomic E-state index is 0.555. The fourth-order valence-electron chi connectivity index (χ4n) is 2.14. The summed E-state index contributed by atoms with van der Waals surface area (Å²) in [6.45, 7) is 6.35. The van der Waals surface area contributed by atoms with E-state index in [1.165, 1.54) is 12.1 Å². The van der Waals surface area contributed by atoms with Crippen LogP contribution in [0.25, 0.3) is 0 Å². The highest BCUT2D eigenvalue weighted by Crippen LogP contribution is 2.29. The third-order valence-corrected chi connectivity index (χ3v) is 3.52. The number of unbranched alkanes of at least 4 members (excludes halogenated alkanes) is 1. The molecule has 6 heteroatoms. The standard InChI is InChI=1S/C16H24F3N3/c1-3-22(4-2)15(20)21-12-6-5-7-13-8-10-14(11-9-13)16(17,18)19/h8-11H,3-7,12H2,1-2H3,(H2,20,21). The molecule has 0 atom stereocenters. The van der Waals surface area contributed by atoms with Crippen molar-refractivity contribution in [2.75, 3.05) is 19.6 Å². The summed E-state index contributed by atoms with van der Waals surface area (Å²) in [5.74, 6) is 0.555. The van der Waals surface area contributed by atoms with Gasteiger partial charge in [-0.2, -0.15) is 13.2 Å². The van der Waals surface area contributed by atoms with Gasteiger partial charge in [-0.1, -0.05) is 12.1 Å². The molecule has 0 amide bonds. The maximum atomic E-state index is 12.4. The quantitative estimate of drug-likeness (QED) is 0.474. The van der Waals surface area contributed by atoms with Crippen LogP contribution in [-0.2, 0) is 12.6 Å². The summed E-state index contributed by atoms with van der Waals surface area (Å²) >= 11 is 0. The Morgan fingerprint density at radius 3 is 2.18 bits per heavy atom. The molecule has 3 nitrogen and oxygen atoms in total. The molecule has 124 valence electrons. The first-order chi connectivity index (χ1) is 10.4. The molecular formula is C16H24F3N3. The maximum absolute atomic E-state index is 12.4. The average molecular weight is 315 g/mol. The zero-order valence-electron chi connectivity index (χ0n) is 13.2. The van der Waals surface area contributed by atoms with Crippen LogP contribution < -0.4 is 5.73 Å². The number of hydrogen-bond acceptors (Lipinski definition) is 1. The number of rotatable bonds is 7. The second kappa shape index (κ2) is 8.66. The molecule has 0 spiro atoms. The van der Waals surface area contributed by atoms with Gasteiger partial charge in [-0.25, -0.2) is 0 Å². The van der Waals surface area contributed by atoms with Crippen molar-refractivity contribution in [1.29, 1.82) is 0 Å². The number of nitrogens with zero attached hydrogens (tertiary/aromatic N) is 2. The van der Waals surface area contributed by atoms with Crippen LogP contribution in [0.5, 0.6) is 0 Å². The lowest BCUT2D eigenvalue weighted by atomic mass is 10.1. The van der Waals surface area contributed by atoms with Crippen molar-refractivity contribution in [3.63, 3.8) is 0 Å². The lowest BCUT2D eigenvalue weighted by molar-refractivity contribution is -0.137. The Balaban J connectivity index is 2.35. The van der Waals surface area contributed by atoms with Gasteiger partial charge < -0.3 is 10.6 Å². The molecular weight excluding hydrogens is 291 g/mol. The molecule has 0 unspecified atom stereocenters. The molecule has 2 N–H and O–H groups in total. The Morgan fingerprint density at radius 2 is 1.68 bits per heavy atom. The number of benzene rings is 1. The smallest absolute Gasteiger partial charge is 0.370 e. The van der Waals surface area contributed by atoms with E-state index in [2.05, 4.69) is 4.99 Å². The first kappa shape index (κ1) is 18.3. The number of aliphatic imine (C=N–C) groups is 1. The molecule has 22 heavy (non-hydrogen) atoms. The Hall–Kier alpha value is -1.72. The van der Waals surface area contributed by atoms with Gasteiger partial charge in [0.25, 0.3) is 0 Å². The summed E-state index contributed by atoms with van der Waals surface area (Å²) in [5.41, 5.74) is 6.17. The molecule has 0 saturated heterocycles.